The van der Waals surface area contributed by atoms with Crippen molar-refractivity contribution >= 4 is 40.7 Å². The molecule has 4 nitrogen and oxygen atoms in total. The molecule has 4 aromatic carbocycles. The number of hydrogen-bond donors (Lipinski definition) is 0. The van der Waals surface area contributed by atoms with Gasteiger partial charge in [-0.25, -0.2) is 0 Å². The van der Waals surface area contributed by atoms with E-state index in [1.165, 1.54) is 0 Å². The predicted octanol–water partition coefficient (Wildman–Crippen LogP) is 7.27. The highest BCUT2D eigenvalue weighted by Gasteiger charge is 2.71. The molecule has 2 aliphatic heterocycles. The number of aryl methyl sites for hydroxylation is 2. The van der Waals surface area contributed by atoms with Gasteiger partial charge >= 0.3 is 0 Å². The molecule has 0 aromatic heterocycles. The second-order valence-electron chi connectivity index (χ2n) is 11.1. The van der Waals surface area contributed by atoms with Gasteiger partial charge in [-0.15, -0.1) is 0 Å². The Morgan fingerprint density at radius 2 is 1.40 bits per heavy atom. The third kappa shape index (κ3) is 3.29. The summed E-state index contributed by atoms with van der Waals surface area (Å²) in [6.07, 6.45) is 3.85. The number of carbonyl (C=O) groups is 3. The van der Waals surface area contributed by atoms with Crippen LogP contribution in [0.3, 0.4) is 0 Å². The van der Waals surface area contributed by atoms with E-state index in [1.54, 1.807) is 30.3 Å². The lowest BCUT2D eigenvalue weighted by molar-refractivity contribution is 0.0666. The summed E-state index contributed by atoms with van der Waals surface area (Å²) < 4.78 is 0. The Bertz CT molecular complexity index is 1720. The fraction of sp³-hybridized carbons (Fsp3) is 0.171. The third-order valence-electron chi connectivity index (χ3n) is 8.81. The fourth-order valence-corrected chi connectivity index (χ4v) is 7.16. The van der Waals surface area contributed by atoms with Crippen molar-refractivity contribution in [1.82, 2.24) is 0 Å². The van der Waals surface area contributed by atoms with Crippen molar-refractivity contribution in [3.8, 4) is 0 Å². The maximum absolute atomic E-state index is 14.7. The zero-order valence-electron chi connectivity index (χ0n) is 22.1. The quantitative estimate of drug-likeness (QED) is 0.201. The van der Waals surface area contributed by atoms with Crippen molar-refractivity contribution in [2.75, 3.05) is 4.90 Å². The van der Waals surface area contributed by atoms with Crippen LogP contribution in [0.15, 0.2) is 97.1 Å². The molecule has 196 valence electrons. The summed E-state index contributed by atoms with van der Waals surface area (Å²) >= 11 is 6.37. The van der Waals surface area contributed by atoms with E-state index in [1.807, 2.05) is 91.6 Å². The monoisotopic (exact) mass is 543 g/mol. The first-order chi connectivity index (χ1) is 19.3. The Kier molecular flexibility index (Phi) is 5.48. The second-order valence-corrected chi connectivity index (χ2v) is 11.5. The van der Waals surface area contributed by atoms with Crippen molar-refractivity contribution in [1.29, 1.82) is 0 Å². The molecular formula is C35H26ClNO3. The van der Waals surface area contributed by atoms with Crippen molar-refractivity contribution in [3.05, 3.63) is 141 Å². The lowest BCUT2D eigenvalue weighted by Gasteiger charge is -2.37. The number of ketones is 3. The average Bonchev–Trinajstić information content (AvgIpc) is 3.39. The number of fused-ring (bicyclic) bond motifs is 5. The Morgan fingerprint density at radius 3 is 2.02 bits per heavy atom. The van der Waals surface area contributed by atoms with E-state index in [-0.39, 0.29) is 17.3 Å². The highest BCUT2D eigenvalue weighted by molar-refractivity contribution is 6.32. The van der Waals surface area contributed by atoms with Gasteiger partial charge in [0.25, 0.3) is 0 Å². The van der Waals surface area contributed by atoms with Gasteiger partial charge in [-0.05, 0) is 43.2 Å². The van der Waals surface area contributed by atoms with Crippen LogP contribution in [0.25, 0.3) is 6.08 Å². The highest BCUT2D eigenvalue weighted by Crippen LogP contribution is 2.61. The van der Waals surface area contributed by atoms with Crippen LogP contribution in [0, 0.1) is 19.3 Å². The topological polar surface area (TPSA) is 54.5 Å². The fourth-order valence-electron chi connectivity index (χ4n) is 6.98. The minimum absolute atomic E-state index is 0.125. The largest absolute Gasteiger partial charge is 0.352 e. The predicted molar refractivity (Wildman–Crippen MR) is 158 cm³/mol. The van der Waals surface area contributed by atoms with E-state index in [4.69, 9.17) is 11.6 Å². The zero-order valence-corrected chi connectivity index (χ0v) is 22.9. The number of nitrogens with zero attached hydrogens (tertiary/aromatic N) is 1. The Hall–Kier alpha value is -4.28. The summed E-state index contributed by atoms with van der Waals surface area (Å²) in [6, 6.07) is 26.5. The van der Waals surface area contributed by atoms with Gasteiger partial charge in [-0.2, -0.15) is 0 Å². The van der Waals surface area contributed by atoms with Crippen LogP contribution in [-0.4, -0.2) is 29.4 Å². The molecule has 0 N–H and O–H groups in total. The Balaban J connectivity index is 1.54. The van der Waals surface area contributed by atoms with Crippen LogP contribution in [-0.2, 0) is 0 Å². The summed E-state index contributed by atoms with van der Waals surface area (Å²) in [5.74, 6) is -1.30. The van der Waals surface area contributed by atoms with Gasteiger partial charge in [0, 0.05) is 33.3 Å². The SMILES string of the molecule is Cc1ccc(C(=O)[C@@H]2[C@H](c3ccc(C)cc3)C3(C(=O)c4ccccc4C3=O)[C@@H]3C=Cc4cc(Cl)ccc4N23)cc1. The Morgan fingerprint density at radius 1 is 0.800 bits per heavy atom. The number of halogens is 1. The third-order valence-corrected chi connectivity index (χ3v) is 9.04. The van der Waals surface area contributed by atoms with Crippen molar-refractivity contribution in [2.45, 2.75) is 31.8 Å². The minimum atomic E-state index is -1.50. The normalized spacial score (nSPS) is 21.9. The van der Waals surface area contributed by atoms with Crippen LogP contribution in [0.1, 0.15) is 59.2 Å². The molecule has 1 aliphatic carbocycles. The molecule has 0 radical (unpaired) electrons. The molecule has 1 saturated heterocycles. The van der Waals surface area contributed by atoms with Crippen molar-refractivity contribution < 1.29 is 14.4 Å². The smallest absolute Gasteiger partial charge is 0.185 e. The lowest BCUT2D eigenvalue weighted by Crippen LogP contribution is -2.48. The van der Waals surface area contributed by atoms with E-state index in [0.717, 1.165) is 27.9 Å². The highest BCUT2D eigenvalue weighted by atomic mass is 35.5. The first-order valence-corrected chi connectivity index (χ1v) is 13.8. The minimum Gasteiger partial charge on any atom is -0.352 e. The van der Waals surface area contributed by atoms with Crippen molar-refractivity contribution in [3.63, 3.8) is 0 Å². The lowest BCUT2D eigenvalue weighted by atomic mass is 9.64. The molecular weight excluding hydrogens is 518 g/mol. The van der Waals surface area contributed by atoms with Crippen LogP contribution in [0.2, 0.25) is 5.02 Å². The summed E-state index contributed by atoms with van der Waals surface area (Å²) in [4.78, 5) is 45.9. The van der Waals surface area contributed by atoms with E-state index in [9.17, 15) is 14.4 Å². The summed E-state index contributed by atoms with van der Waals surface area (Å²) in [5, 5.41) is 0.577. The van der Waals surface area contributed by atoms with Crippen LogP contribution in [0.5, 0.6) is 0 Å². The van der Waals surface area contributed by atoms with E-state index in [2.05, 4.69) is 0 Å². The molecule has 0 saturated carbocycles. The maximum Gasteiger partial charge on any atom is 0.185 e. The molecule has 4 aromatic rings. The number of carbonyl (C=O) groups excluding carboxylic acids is 3. The van der Waals surface area contributed by atoms with Gasteiger partial charge in [-0.1, -0.05) is 108 Å². The van der Waals surface area contributed by atoms with Crippen LogP contribution in [0.4, 0.5) is 5.69 Å². The number of hydrogen-bond acceptors (Lipinski definition) is 4. The molecule has 2 heterocycles. The molecule has 1 spiro atoms. The van der Waals surface area contributed by atoms with Crippen molar-refractivity contribution in [2.24, 2.45) is 5.41 Å². The molecule has 7 rings (SSSR count). The maximum atomic E-state index is 14.7. The molecule has 0 amide bonds. The Labute approximate surface area is 237 Å². The molecule has 5 heteroatoms. The number of rotatable bonds is 3. The summed E-state index contributed by atoms with van der Waals surface area (Å²) in [6.45, 7) is 3.98. The van der Waals surface area contributed by atoms with Gasteiger partial charge in [-0.3, -0.25) is 14.4 Å². The van der Waals surface area contributed by atoms with Crippen LogP contribution >= 0.6 is 11.6 Å². The molecule has 3 atom stereocenters. The number of Topliss-reactive ketones (excluding diaryl/α,β-unsaturated/α-hetero) is 3. The standard InChI is InChI=1S/C35H26ClNO3/c1-20-7-11-22(12-8-20)30-31(32(38)23-13-9-21(2)10-14-23)37-28-17-16-25(36)19-24(28)15-18-29(37)35(30)33(39)26-5-3-4-6-27(26)34(35)40/h3-19,29-31H,1-2H3/t29-,30-,31-/m0/s1. The van der Waals surface area contributed by atoms with Gasteiger partial charge < -0.3 is 4.90 Å². The van der Waals surface area contributed by atoms with Gasteiger partial charge in [0.2, 0.25) is 0 Å². The molecule has 3 aliphatic rings. The summed E-state index contributed by atoms with van der Waals surface area (Å²) in [7, 11) is 0. The average molecular weight is 544 g/mol. The molecule has 0 bridgehead atoms. The first-order valence-electron chi connectivity index (χ1n) is 13.4. The molecule has 1 fully saturated rings. The second kappa shape index (κ2) is 8.87. The zero-order chi connectivity index (χ0) is 27.8. The van der Waals surface area contributed by atoms with E-state index in [0.29, 0.717) is 21.7 Å². The van der Waals surface area contributed by atoms with E-state index < -0.39 is 23.4 Å². The molecule has 40 heavy (non-hydrogen) atoms. The van der Waals surface area contributed by atoms with Gasteiger partial charge in [0.1, 0.15) is 11.5 Å². The van der Waals surface area contributed by atoms with E-state index >= 15 is 0 Å². The van der Waals surface area contributed by atoms with Gasteiger partial charge in [0.05, 0.1) is 6.04 Å². The molecule has 0 unspecified atom stereocenters. The number of benzene rings is 4. The van der Waals surface area contributed by atoms with Gasteiger partial charge in [0.15, 0.2) is 17.3 Å². The summed E-state index contributed by atoms with van der Waals surface area (Å²) in [5.41, 5.74) is 4.41. The van der Waals surface area contributed by atoms with Crippen LogP contribution < -0.4 is 4.90 Å². The number of anilines is 1. The first kappa shape index (κ1) is 24.7.